The third-order valence-corrected chi connectivity index (χ3v) is 4.82. The maximum Gasteiger partial charge on any atom is 0.123 e. The van der Waals surface area contributed by atoms with Crippen LogP contribution in [0.4, 0.5) is 0 Å². The summed E-state index contributed by atoms with van der Waals surface area (Å²) in [7, 11) is 0. The van der Waals surface area contributed by atoms with Crippen molar-refractivity contribution in [3.63, 3.8) is 0 Å². The molecule has 0 radical (unpaired) electrons. The third kappa shape index (κ3) is 4.61. The molecule has 0 bridgehead atoms. The average molecular weight is 326 g/mol. The molecule has 22 heavy (non-hydrogen) atoms. The summed E-state index contributed by atoms with van der Waals surface area (Å²) in [6.45, 7) is 12.0. The molecule has 0 spiro atoms. The molecule has 1 aromatic carbocycles. The van der Waals surface area contributed by atoms with E-state index in [9.17, 15) is 0 Å². The molecule has 0 atom stereocenters. The minimum absolute atomic E-state index is 0.761. The van der Waals surface area contributed by atoms with E-state index in [1.807, 2.05) is 6.92 Å². The minimum atomic E-state index is 0.761. The van der Waals surface area contributed by atoms with Gasteiger partial charge in [0.05, 0.1) is 19.8 Å². The van der Waals surface area contributed by atoms with E-state index in [2.05, 4.69) is 24.8 Å². The lowest BCUT2D eigenvalue weighted by Gasteiger charge is -2.26. The van der Waals surface area contributed by atoms with Crippen LogP contribution in [0.15, 0.2) is 6.07 Å². The predicted octanol–water partition coefficient (Wildman–Crippen LogP) is 4.01. The molecule has 4 heteroatoms. The summed E-state index contributed by atoms with van der Waals surface area (Å²) in [5, 5.41) is 0.880. The fourth-order valence-corrected chi connectivity index (χ4v) is 3.08. The van der Waals surface area contributed by atoms with E-state index in [0.29, 0.717) is 0 Å². The molecule has 0 saturated carbocycles. The first-order valence-electron chi connectivity index (χ1n) is 8.35. The molecule has 0 aliphatic carbocycles. The van der Waals surface area contributed by atoms with E-state index in [1.54, 1.807) is 0 Å². The molecular formula is C18H28ClNO2. The van der Waals surface area contributed by atoms with E-state index in [-0.39, 0.29) is 0 Å². The number of rotatable bonds is 7. The van der Waals surface area contributed by atoms with Crippen LogP contribution in [-0.2, 0) is 11.2 Å². The number of benzene rings is 1. The van der Waals surface area contributed by atoms with Gasteiger partial charge in [-0.1, -0.05) is 18.5 Å². The molecule has 0 aromatic heterocycles. The van der Waals surface area contributed by atoms with Crippen LogP contribution in [0, 0.1) is 13.8 Å². The number of ether oxygens (including phenoxy) is 2. The molecule has 1 aliphatic rings. The number of nitrogens with zero attached hydrogens (tertiary/aromatic N) is 1. The van der Waals surface area contributed by atoms with Crippen molar-refractivity contribution < 1.29 is 9.47 Å². The van der Waals surface area contributed by atoms with Crippen LogP contribution in [0.2, 0.25) is 5.02 Å². The standard InChI is InChI=1S/C18H28ClNO2/c1-4-10-22-17-13-14(2)18(19)15(3)16(17)6-5-7-20-8-11-21-12-9-20/h13H,4-12H2,1-3H3. The molecule has 3 nitrogen and oxygen atoms in total. The highest BCUT2D eigenvalue weighted by molar-refractivity contribution is 6.32. The van der Waals surface area contributed by atoms with Crippen molar-refractivity contribution in [2.45, 2.75) is 40.0 Å². The van der Waals surface area contributed by atoms with E-state index in [4.69, 9.17) is 21.1 Å². The number of hydrogen-bond donors (Lipinski definition) is 0. The normalized spacial score (nSPS) is 16.0. The molecule has 124 valence electrons. The van der Waals surface area contributed by atoms with Gasteiger partial charge in [0.25, 0.3) is 0 Å². The zero-order valence-corrected chi connectivity index (χ0v) is 14.8. The zero-order chi connectivity index (χ0) is 15.9. The molecule has 1 saturated heterocycles. The number of morpholine rings is 1. The quantitative estimate of drug-likeness (QED) is 0.756. The molecule has 0 unspecified atom stereocenters. The molecule has 1 fully saturated rings. The lowest BCUT2D eigenvalue weighted by Crippen LogP contribution is -2.37. The summed E-state index contributed by atoms with van der Waals surface area (Å²) < 4.78 is 11.3. The van der Waals surface area contributed by atoms with Crippen LogP contribution in [0.1, 0.15) is 36.5 Å². The smallest absolute Gasteiger partial charge is 0.123 e. The zero-order valence-electron chi connectivity index (χ0n) is 14.1. The Balaban J connectivity index is 2.02. The van der Waals surface area contributed by atoms with Gasteiger partial charge in [0, 0.05) is 18.1 Å². The first-order valence-corrected chi connectivity index (χ1v) is 8.72. The summed E-state index contributed by atoms with van der Waals surface area (Å²) in [4.78, 5) is 2.47. The van der Waals surface area contributed by atoms with Crippen LogP contribution in [0.5, 0.6) is 5.75 Å². The molecule has 1 aliphatic heterocycles. The molecule has 0 N–H and O–H groups in total. The van der Waals surface area contributed by atoms with E-state index in [0.717, 1.165) is 75.1 Å². The van der Waals surface area contributed by atoms with Crippen molar-refractivity contribution in [2.24, 2.45) is 0 Å². The van der Waals surface area contributed by atoms with Crippen molar-refractivity contribution in [3.8, 4) is 5.75 Å². The van der Waals surface area contributed by atoms with Gasteiger partial charge in [0.15, 0.2) is 0 Å². The van der Waals surface area contributed by atoms with Crippen molar-refractivity contribution in [2.75, 3.05) is 39.5 Å². The number of hydrogen-bond acceptors (Lipinski definition) is 3. The lowest BCUT2D eigenvalue weighted by atomic mass is 9.99. The Hall–Kier alpha value is -0.770. The highest BCUT2D eigenvalue weighted by Crippen LogP contribution is 2.32. The maximum atomic E-state index is 6.43. The Morgan fingerprint density at radius 3 is 2.68 bits per heavy atom. The molecule has 1 aromatic rings. The molecule has 2 rings (SSSR count). The fraction of sp³-hybridized carbons (Fsp3) is 0.667. The van der Waals surface area contributed by atoms with E-state index in [1.165, 1.54) is 11.1 Å². The Morgan fingerprint density at radius 1 is 1.27 bits per heavy atom. The SMILES string of the molecule is CCCOc1cc(C)c(Cl)c(C)c1CCCN1CCOCC1. The van der Waals surface area contributed by atoms with Gasteiger partial charge in [-0.05, 0) is 62.4 Å². The van der Waals surface area contributed by atoms with Gasteiger partial charge >= 0.3 is 0 Å². The molecular weight excluding hydrogens is 298 g/mol. The van der Waals surface area contributed by atoms with Gasteiger partial charge in [0.2, 0.25) is 0 Å². The Bertz CT molecular complexity index is 484. The van der Waals surface area contributed by atoms with Gasteiger partial charge < -0.3 is 9.47 Å². The number of halogens is 1. The van der Waals surface area contributed by atoms with Gasteiger partial charge in [-0.15, -0.1) is 0 Å². The first-order chi connectivity index (χ1) is 10.6. The van der Waals surface area contributed by atoms with Crippen LogP contribution >= 0.6 is 11.6 Å². The second-order valence-corrected chi connectivity index (χ2v) is 6.39. The Kier molecular flexibility index (Phi) is 7.00. The third-order valence-electron chi connectivity index (χ3n) is 4.24. The van der Waals surface area contributed by atoms with E-state index >= 15 is 0 Å². The Labute approximate surface area is 139 Å². The van der Waals surface area contributed by atoms with Crippen LogP contribution in [0.25, 0.3) is 0 Å². The van der Waals surface area contributed by atoms with Crippen molar-refractivity contribution >= 4 is 11.6 Å². The predicted molar refractivity (Wildman–Crippen MR) is 92.3 cm³/mol. The summed E-state index contributed by atoms with van der Waals surface area (Å²) in [6.07, 6.45) is 3.17. The van der Waals surface area contributed by atoms with Crippen molar-refractivity contribution in [1.82, 2.24) is 4.90 Å². The van der Waals surface area contributed by atoms with Gasteiger partial charge in [-0.3, -0.25) is 4.90 Å². The molecule has 1 heterocycles. The fourth-order valence-electron chi connectivity index (χ4n) is 2.92. The van der Waals surface area contributed by atoms with Gasteiger partial charge in [-0.25, -0.2) is 0 Å². The van der Waals surface area contributed by atoms with Crippen LogP contribution in [-0.4, -0.2) is 44.4 Å². The summed E-state index contributed by atoms with van der Waals surface area (Å²) in [5.74, 6) is 1.02. The highest BCUT2D eigenvalue weighted by Gasteiger charge is 2.15. The number of aryl methyl sites for hydroxylation is 1. The Morgan fingerprint density at radius 2 is 2.00 bits per heavy atom. The second-order valence-electron chi connectivity index (χ2n) is 6.02. The van der Waals surface area contributed by atoms with Gasteiger partial charge in [0.1, 0.15) is 5.75 Å². The lowest BCUT2D eigenvalue weighted by molar-refractivity contribution is 0.0374. The van der Waals surface area contributed by atoms with Gasteiger partial charge in [-0.2, -0.15) is 0 Å². The molecule has 0 amide bonds. The minimum Gasteiger partial charge on any atom is -0.493 e. The van der Waals surface area contributed by atoms with E-state index < -0.39 is 0 Å². The van der Waals surface area contributed by atoms with Crippen LogP contribution < -0.4 is 4.74 Å². The average Bonchev–Trinajstić information content (AvgIpc) is 2.54. The summed E-state index contributed by atoms with van der Waals surface area (Å²) in [5.41, 5.74) is 3.55. The largest absolute Gasteiger partial charge is 0.493 e. The highest BCUT2D eigenvalue weighted by atomic mass is 35.5. The topological polar surface area (TPSA) is 21.7 Å². The summed E-state index contributed by atoms with van der Waals surface area (Å²) in [6, 6.07) is 2.09. The van der Waals surface area contributed by atoms with Crippen molar-refractivity contribution in [3.05, 3.63) is 27.8 Å². The summed E-state index contributed by atoms with van der Waals surface area (Å²) >= 11 is 6.43. The van der Waals surface area contributed by atoms with Crippen molar-refractivity contribution in [1.29, 1.82) is 0 Å². The van der Waals surface area contributed by atoms with Crippen LogP contribution in [0.3, 0.4) is 0 Å². The maximum absolute atomic E-state index is 6.43. The monoisotopic (exact) mass is 325 g/mol. The first kappa shape index (κ1) is 17.6. The second kappa shape index (κ2) is 8.76.